The number of unbranched alkanes of at least 4 members (excludes halogenated alkanes) is 26. The summed E-state index contributed by atoms with van der Waals surface area (Å²) in [5.41, 5.74) is 0. The summed E-state index contributed by atoms with van der Waals surface area (Å²) in [6.07, 6.45) is 48.8. The Morgan fingerprint density at radius 3 is 0.740 bits per heavy atom. The van der Waals surface area contributed by atoms with Crippen LogP contribution in [0.2, 0.25) is 0 Å². The molecule has 2 heterocycles. The fourth-order valence-electron chi connectivity index (χ4n) is 6.14. The standard InChI is InChI=1S/2C21H38N.C2H2O4/c2*1-2-3-4-5-6-7-8-9-10-11-12-13-14-16-19-22-20-17-15-18-21-22;3-1(4)2(5)6/h2*15,17-18,20-21H,2-14,16,19H2,1H3;(H,3,4)(H,5,6)/q2*+1;/p-2. The number of aryl methyl sites for hydroxylation is 2. The average Bonchev–Trinajstić information content (AvgIpc) is 3.13. The van der Waals surface area contributed by atoms with Gasteiger partial charge < -0.3 is 19.8 Å². The summed E-state index contributed by atoms with van der Waals surface area (Å²) in [5, 5.41) is 17.9. The molecule has 6 heteroatoms. The lowest BCUT2D eigenvalue weighted by atomic mass is 10.0. The number of aliphatic carboxylic acids is 2. The van der Waals surface area contributed by atoms with E-state index in [-0.39, 0.29) is 0 Å². The van der Waals surface area contributed by atoms with Crippen molar-refractivity contribution >= 4 is 11.9 Å². The number of rotatable bonds is 30. The molecule has 0 unspecified atom stereocenters. The molecule has 286 valence electrons. The molecule has 0 aliphatic carbocycles. The number of carbonyl (C=O) groups is 2. The maximum Gasteiger partial charge on any atom is 0.168 e. The van der Waals surface area contributed by atoms with Gasteiger partial charge in [-0.1, -0.05) is 180 Å². The number of nitrogens with zero attached hydrogens (tertiary/aromatic N) is 2. The van der Waals surface area contributed by atoms with Gasteiger partial charge in [0, 0.05) is 37.1 Å². The molecule has 0 atom stereocenters. The van der Waals surface area contributed by atoms with E-state index in [4.69, 9.17) is 19.8 Å². The van der Waals surface area contributed by atoms with Gasteiger partial charge in [0.2, 0.25) is 0 Å². The Balaban J connectivity index is 0.000000826. The van der Waals surface area contributed by atoms with Gasteiger partial charge in [-0.25, -0.2) is 9.13 Å². The number of aromatic nitrogens is 2. The molecule has 0 fully saturated rings. The summed E-state index contributed by atoms with van der Waals surface area (Å²) in [6.45, 7) is 6.94. The first-order valence-electron chi connectivity index (χ1n) is 20.8. The quantitative estimate of drug-likeness (QED) is 0.0463. The second-order valence-electron chi connectivity index (χ2n) is 14.0. The van der Waals surface area contributed by atoms with Crippen LogP contribution in [0.25, 0.3) is 0 Å². The Hall–Kier alpha value is -2.76. The monoisotopic (exact) mass is 697 g/mol. The Bertz CT molecular complexity index is 891. The van der Waals surface area contributed by atoms with Crippen LogP contribution in [-0.2, 0) is 22.7 Å². The Morgan fingerprint density at radius 1 is 0.340 bits per heavy atom. The van der Waals surface area contributed by atoms with E-state index in [9.17, 15) is 0 Å². The van der Waals surface area contributed by atoms with Crippen molar-refractivity contribution in [2.75, 3.05) is 0 Å². The number of hydrogen-bond donors (Lipinski definition) is 0. The second-order valence-corrected chi connectivity index (χ2v) is 14.0. The zero-order valence-corrected chi connectivity index (χ0v) is 32.5. The molecule has 0 aromatic carbocycles. The molecular formula is C44H76N2O4. The van der Waals surface area contributed by atoms with E-state index in [1.807, 2.05) is 0 Å². The molecular weight excluding hydrogens is 620 g/mol. The summed E-state index contributed by atoms with van der Waals surface area (Å²) >= 11 is 0. The van der Waals surface area contributed by atoms with E-state index in [0.29, 0.717) is 0 Å². The van der Waals surface area contributed by atoms with Crippen molar-refractivity contribution in [3.63, 3.8) is 0 Å². The maximum atomic E-state index is 8.93. The Kier molecular flexibility index (Phi) is 36.9. The lowest BCUT2D eigenvalue weighted by molar-refractivity contribution is -0.697. The molecule has 0 aliphatic rings. The largest absolute Gasteiger partial charge is 0.543 e. The third-order valence-corrected chi connectivity index (χ3v) is 9.26. The molecule has 0 aliphatic heterocycles. The molecule has 0 saturated heterocycles. The van der Waals surface area contributed by atoms with E-state index >= 15 is 0 Å². The molecule has 0 N–H and O–H groups in total. The minimum atomic E-state index is -2.19. The van der Waals surface area contributed by atoms with Gasteiger partial charge in [-0.2, -0.15) is 0 Å². The molecule has 0 spiro atoms. The van der Waals surface area contributed by atoms with Crippen molar-refractivity contribution in [3.05, 3.63) is 61.2 Å². The first kappa shape index (κ1) is 47.2. The van der Waals surface area contributed by atoms with Crippen molar-refractivity contribution in [2.24, 2.45) is 0 Å². The van der Waals surface area contributed by atoms with Gasteiger partial charge in [0.15, 0.2) is 24.8 Å². The predicted molar refractivity (Wildman–Crippen MR) is 204 cm³/mol. The number of carbonyl (C=O) groups excluding carboxylic acids is 2. The molecule has 6 nitrogen and oxygen atoms in total. The van der Waals surface area contributed by atoms with E-state index in [1.165, 1.54) is 193 Å². The van der Waals surface area contributed by atoms with Gasteiger partial charge in [0.05, 0.1) is 11.9 Å². The minimum Gasteiger partial charge on any atom is -0.543 e. The van der Waals surface area contributed by atoms with Crippen LogP contribution in [0.15, 0.2) is 61.2 Å². The summed E-state index contributed by atoms with van der Waals surface area (Å²) in [4.78, 5) is 17.9. The normalized spacial score (nSPS) is 10.5. The zero-order valence-electron chi connectivity index (χ0n) is 32.5. The second kappa shape index (κ2) is 39.0. The van der Waals surface area contributed by atoms with Gasteiger partial charge in [-0.15, -0.1) is 0 Å². The first-order chi connectivity index (χ1) is 24.5. The zero-order chi connectivity index (χ0) is 36.6. The molecule has 2 aromatic rings. The van der Waals surface area contributed by atoms with Crippen LogP contribution in [0, 0.1) is 0 Å². The number of pyridine rings is 2. The summed E-state index contributed by atoms with van der Waals surface area (Å²) in [5.74, 6) is -4.37. The van der Waals surface area contributed by atoms with Crippen LogP contribution in [0.5, 0.6) is 0 Å². The summed E-state index contributed by atoms with van der Waals surface area (Å²) in [6, 6.07) is 12.6. The van der Waals surface area contributed by atoms with Gasteiger partial charge in [-0.05, 0) is 12.8 Å². The van der Waals surface area contributed by atoms with Crippen molar-refractivity contribution < 1.29 is 28.9 Å². The Labute approximate surface area is 308 Å². The molecule has 0 bridgehead atoms. The molecule has 0 saturated carbocycles. The van der Waals surface area contributed by atoms with Crippen LogP contribution in [0.3, 0.4) is 0 Å². The molecule has 0 radical (unpaired) electrons. The van der Waals surface area contributed by atoms with Crippen LogP contribution >= 0.6 is 0 Å². The molecule has 50 heavy (non-hydrogen) atoms. The van der Waals surface area contributed by atoms with Crippen LogP contribution in [-0.4, -0.2) is 11.9 Å². The first-order valence-corrected chi connectivity index (χ1v) is 20.8. The number of carboxylic acid groups (broad SMARTS) is 2. The van der Waals surface area contributed by atoms with Crippen molar-refractivity contribution in [1.29, 1.82) is 0 Å². The van der Waals surface area contributed by atoms with Crippen molar-refractivity contribution in [1.82, 2.24) is 0 Å². The number of hydrogen-bond acceptors (Lipinski definition) is 4. The lowest BCUT2D eigenvalue weighted by Gasteiger charge is -2.02. The molecule has 0 amide bonds. The third kappa shape index (κ3) is 36.5. The fraction of sp³-hybridized carbons (Fsp3) is 0.727. The van der Waals surface area contributed by atoms with Gasteiger partial charge in [0.1, 0.15) is 13.1 Å². The van der Waals surface area contributed by atoms with E-state index in [0.717, 1.165) is 0 Å². The van der Waals surface area contributed by atoms with Gasteiger partial charge >= 0.3 is 0 Å². The van der Waals surface area contributed by atoms with Crippen LogP contribution < -0.4 is 19.3 Å². The van der Waals surface area contributed by atoms with Gasteiger partial charge in [-0.3, -0.25) is 0 Å². The highest BCUT2D eigenvalue weighted by molar-refractivity contribution is 6.25. The average molecular weight is 697 g/mol. The lowest BCUT2D eigenvalue weighted by Crippen LogP contribution is -2.42. The molecule has 2 aromatic heterocycles. The van der Waals surface area contributed by atoms with Gasteiger partial charge in [0.25, 0.3) is 0 Å². The maximum absolute atomic E-state index is 8.93. The SMILES string of the molecule is CCCCCCCCCCCCCCCC[n+]1ccccc1.CCCCCCCCCCCCCCCC[n+]1ccccc1.O=C([O-])C(=O)[O-]. The van der Waals surface area contributed by atoms with Crippen molar-refractivity contribution in [2.45, 2.75) is 207 Å². The van der Waals surface area contributed by atoms with Crippen LogP contribution in [0.1, 0.15) is 194 Å². The van der Waals surface area contributed by atoms with Crippen LogP contribution in [0.4, 0.5) is 0 Å². The highest BCUT2D eigenvalue weighted by atomic mass is 16.4. The van der Waals surface area contributed by atoms with E-state index in [1.54, 1.807) is 0 Å². The summed E-state index contributed by atoms with van der Waals surface area (Å²) in [7, 11) is 0. The predicted octanol–water partition coefficient (Wildman–Crippen LogP) is 9.40. The summed E-state index contributed by atoms with van der Waals surface area (Å²) < 4.78 is 4.58. The van der Waals surface area contributed by atoms with Crippen molar-refractivity contribution in [3.8, 4) is 0 Å². The third-order valence-electron chi connectivity index (χ3n) is 9.26. The molecule has 2 rings (SSSR count). The highest BCUT2D eigenvalue weighted by Crippen LogP contribution is 2.14. The Morgan fingerprint density at radius 2 is 0.540 bits per heavy atom. The fourth-order valence-corrected chi connectivity index (χ4v) is 6.14. The smallest absolute Gasteiger partial charge is 0.168 e. The topological polar surface area (TPSA) is 88.0 Å². The highest BCUT2D eigenvalue weighted by Gasteiger charge is 2.00. The number of carboxylic acids is 2. The minimum absolute atomic E-state index is 1.18. The van der Waals surface area contributed by atoms with E-state index in [2.05, 4.69) is 84.2 Å². The van der Waals surface area contributed by atoms with E-state index < -0.39 is 11.9 Å².